The number of amides is 1. The molecule has 0 saturated carbocycles. The van der Waals surface area contributed by atoms with Crippen LogP contribution in [0.2, 0.25) is 0 Å². The second-order valence-electron chi connectivity index (χ2n) is 3.25. The number of hydrogen-bond acceptors (Lipinski definition) is 4. The highest BCUT2D eigenvalue weighted by Gasteiger charge is 2.08. The van der Waals surface area contributed by atoms with Crippen molar-refractivity contribution in [1.82, 2.24) is 5.16 Å². The van der Waals surface area contributed by atoms with E-state index in [0.29, 0.717) is 18.0 Å². The van der Waals surface area contributed by atoms with Gasteiger partial charge in [0, 0.05) is 10.9 Å². The topological polar surface area (TPSA) is 55.1 Å². The van der Waals surface area contributed by atoms with E-state index in [2.05, 4.69) is 26.4 Å². The van der Waals surface area contributed by atoms with Crippen molar-refractivity contribution in [3.8, 4) is 0 Å². The van der Waals surface area contributed by atoms with Gasteiger partial charge in [0.2, 0.25) is 5.91 Å². The number of aromatic nitrogens is 1. The van der Waals surface area contributed by atoms with E-state index in [4.69, 9.17) is 4.52 Å². The third-order valence-electron chi connectivity index (χ3n) is 1.86. The molecule has 0 bridgehead atoms. The first-order valence-electron chi connectivity index (χ1n) is 4.61. The number of nitrogens with zero attached hydrogens (tertiary/aromatic N) is 1. The quantitative estimate of drug-likeness (QED) is 0.948. The highest BCUT2D eigenvalue weighted by Crippen LogP contribution is 2.22. The zero-order valence-corrected chi connectivity index (χ0v) is 10.9. The van der Waals surface area contributed by atoms with Crippen LogP contribution in [0.5, 0.6) is 0 Å². The molecule has 84 valence electrons. The van der Waals surface area contributed by atoms with Gasteiger partial charge in [0.05, 0.1) is 10.2 Å². The summed E-state index contributed by atoms with van der Waals surface area (Å²) in [6.07, 6.45) is 0.349. The van der Waals surface area contributed by atoms with Gasteiger partial charge in [0.1, 0.15) is 5.76 Å². The third kappa shape index (κ3) is 2.93. The molecule has 2 rings (SSSR count). The number of hydrogen-bond donors (Lipinski definition) is 1. The number of anilines is 1. The van der Waals surface area contributed by atoms with Gasteiger partial charge in [-0.15, -0.1) is 11.3 Å². The molecule has 6 heteroatoms. The van der Waals surface area contributed by atoms with Crippen LogP contribution in [0.3, 0.4) is 0 Å². The lowest BCUT2D eigenvalue weighted by Gasteiger charge is -1.98. The number of nitrogens with one attached hydrogen (secondary N) is 1. The van der Waals surface area contributed by atoms with E-state index in [1.54, 1.807) is 24.3 Å². The monoisotopic (exact) mass is 300 g/mol. The van der Waals surface area contributed by atoms with E-state index in [1.807, 2.05) is 12.1 Å². The molecule has 2 aromatic rings. The maximum absolute atomic E-state index is 11.6. The van der Waals surface area contributed by atoms with Crippen LogP contribution >= 0.6 is 27.3 Å². The van der Waals surface area contributed by atoms with E-state index >= 15 is 0 Å². The van der Waals surface area contributed by atoms with E-state index < -0.39 is 0 Å². The summed E-state index contributed by atoms with van der Waals surface area (Å²) < 4.78 is 5.87. The van der Waals surface area contributed by atoms with Crippen molar-refractivity contribution in [2.75, 3.05) is 5.32 Å². The van der Waals surface area contributed by atoms with Gasteiger partial charge in [-0.1, -0.05) is 5.16 Å². The molecule has 0 radical (unpaired) electrons. The van der Waals surface area contributed by atoms with Gasteiger partial charge in [-0.3, -0.25) is 4.79 Å². The Morgan fingerprint density at radius 3 is 3.00 bits per heavy atom. The summed E-state index contributed by atoms with van der Waals surface area (Å²) in [7, 11) is 0. The number of thiophene rings is 1. The normalized spacial score (nSPS) is 10.4. The molecule has 16 heavy (non-hydrogen) atoms. The summed E-state index contributed by atoms with van der Waals surface area (Å²) in [5, 5.41) is 6.36. The Morgan fingerprint density at radius 1 is 1.62 bits per heavy atom. The van der Waals surface area contributed by atoms with Crippen molar-refractivity contribution >= 4 is 39.0 Å². The summed E-state index contributed by atoms with van der Waals surface area (Å²) in [6.45, 7) is 1.78. The van der Waals surface area contributed by atoms with Crippen LogP contribution in [0, 0.1) is 6.92 Å². The molecule has 0 unspecified atom stereocenters. The molecule has 0 aromatic carbocycles. The molecule has 0 atom stereocenters. The fraction of sp³-hybridized carbons (Fsp3) is 0.200. The Bertz CT molecular complexity index is 462. The summed E-state index contributed by atoms with van der Waals surface area (Å²) in [5.41, 5.74) is 0. The average molecular weight is 301 g/mol. The number of carbonyl (C=O) groups excluding carboxylic acids is 1. The molecule has 1 N–H and O–H groups in total. The zero-order chi connectivity index (χ0) is 11.5. The maximum atomic E-state index is 11.6. The molecule has 0 saturated heterocycles. The molecule has 4 nitrogen and oxygen atoms in total. The molecule has 0 aliphatic heterocycles. The Morgan fingerprint density at radius 2 is 2.44 bits per heavy atom. The van der Waals surface area contributed by atoms with Crippen molar-refractivity contribution in [3.63, 3.8) is 0 Å². The first-order chi connectivity index (χ1) is 7.63. The molecular weight excluding hydrogens is 292 g/mol. The summed E-state index contributed by atoms with van der Waals surface area (Å²) in [5.74, 6) is 1.04. The first kappa shape index (κ1) is 11.3. The average Bonchev–Trinajstić information content (AvgIpc) is 2.76. The van der Waals surface area contributed by atoms with Crippen molar-refractivity contribution < 1.29 is 9.32 Å². The molecule has 0 spiro atoms. The van der Waals surface area contributed by atoms with E-state index in [9.17, 15) is 4.79 Å². The molecule has 2 aromatic heterocycles. The van der Waals surface area contributed by atoms with Gasteiger partial charge in [0.25, 0.3) is 0 Å². The Hall–Kier alpha value is -1.14. The minimum absolute atomic E-state index is 0.0948. The molecule has 0 aliphatic rings. The number of halogens is 1. The molecule has 1 amide bonds. The van der Waals surface area contributed by atoms with Crippen LogP contribution < -0.4 is 5.32 Å². The lowest BCUT2D eigenvalue weighted by molar-refractivity contribution is -0.115. The molecule has 0 aliphatic carbocycles. The van der Waals surface area contributed by atoms with Crippen molar-refractivity contribution in [1.29, 1.82) is 0 Å². The van der Waals surface area contributed by atoms with Gasteiger partial charge < -0.3 is 9.84 Å². The molecular formula is C10H9BrN2O2S. The van der Waals surface area contributed by atoms with Crippen LogP contribution in [0.25, 0.3) is 0 Å². The predicted octanol–water partition coefficient (Wildman–Crippen LogP) is 2.99. The van der Waals surface area contributed by atoms with E-state index in [-0.39, 0.29) is 5.91 Å². The van der Waals surface area contributed by atoms with E-state index in [1.165, 1.54) is 0 Å². The SMILES string of the molecule is Cc1cc(NC(=O)Cc2ccc(Br)s2)no1. The van der Waals surface area contributed by atoms with Crippen LogP contribution in [-0.4, -0.2) is 11.1 Å². The van der Waals surface area contributed by atoms with Gasteiger partial charge in [-0.2, -0.15) is 0 Å². The Kier molecular flexibility index (Phi) is 3.40. The number of rotatable bonds is 3. The maximum Gasteiger partial charge on any atom is 0.230 e. The second kappa shape index (κ2) is 4.80. The summed E-state index contributed by atoms with van der Waals surface area (Å²) >= 11 is 4.90. The van der Waals surface area contributed by atoms with Gasteiger partial charge >= 0.3 is 0 Å². The largest absolute Gasteiger partial charge is 0.360 e. The Labute approximate surface area is 105 Å². The summed E-state index contributed by atoms with van der Waals surface area (Å²) in [6, 6.07) is 5.53. The predicted molar refractivity (Wildman–Crippen MR) is 65.6 cm³/mol. The van der Waals surface area contributed by atoms with Gasteiger partial charge in [0.15, 0.2) is 5.82 Å². The fourth-order valence-electron chi connectivity index (χ4n) is 1.22. The van der Waals surface area contributed by atoms with Crippen LogP contribution in [-0.2, 0) is 11.2 Å². The molecule has 2 heterocycles. The third-order valence-corrected chi connectivity index (χ3v) is 3.48. The lowest BCUT2D eigenvalue weighted by atomic mass is 10.3. The van der Waals surface area contributed by atoms with Crippen LogP contribution in [0.15, 0.2) is 26.5 Å². The van der Waals surface area contributed by atoms with Crippen LogP contribution in [0.4, 0.5) is 5.82 Å². The smallest absolute Gasteiger partial charge is 0.230 e. The number of carbonyl (C=O) groups is 1. The van der Waals surface area contributed by atoms with Crippen molar-refractivity contribution in [2.24, 2.45) is 0 Å². The Balaban J connectivity index is 1.94. The highest BCUT2D eigenvalue weighted by atomic mass is 79.9. The minimum atomic E-state index is -0.0948. The molecule has 0 fully saturated rings. The second-order valence-corrected chi connectivity index (χ2v) is 5.80. The van der Waals surface area contributed by atoms with Crippen molar-refractivity contribution in [3.05, 3.63) is 32.6 Å². The standard InChI is InChI=1S/C10H9BrN2O2S/c1-6-4-9(13-15-6)12-10(14)5-7-2-3-8(11)16-7/h2-4H,5H2,1H3,(H,12,13,14). The van der Waals surface area contributed by atoms with E-state index in [0.717, 1.165) is 8.66 Å². The van der Waals surface area contributed by atoms with Crippen molar-refractivity contribution in [2.45, 2.75) is 13.3 Å². The van der Waals surface area contributed by atoms with Gasteiger partial charge in [-0.05, 0) is 35.0 Å². The zero-order valence-electron chi connectivity index (χ0n) is 8.49. The fourth-order valence-corrected chi connectivity index (χ4v) is 2.70. The minimum Gasteiger partial charge on any atom is -0.360 e. The number of aryl methyl sites for hydroxylation is 1. The first-order valence-corrected chi connectivity index (χ1v) is 6.22. The lowest BCUT2D eigenvalue weighted by Crippen LogP contribution is -2.13. The summed E-state index contributed by atoms with van der Waals surface area (Å²) in [4.78, 5) is 12.6. The highest BCUT2D eigenvalue weighted by molar-refractivity contribution is 9.11. The van der Waals surface area contributed by atoms with Gasteiger partial charge in [-0.25, -0.2) is 0 Å². The van der Waals surface area contributed by atoms with Crippen LogP contribution in [0.1, 0.15) is 10.6 Å².